The van der Waals surface area contributed by atoms with E-state index < -0.39 is 0 Å². The van der Waals surface area contributed by atoms with E-state index in [0.29, 0.717) is 13.2 Å². The quantitative estimate of drug-likeness (QED) is 0.657. The van der Waals surface area contributed by atoms with E-state index in [2.05, 4.69) is 6.58 Å². The van der Waals surface area contributed by atoms with Crippen LogP contribution in [0, 0.1) is 0 Å². The number of ether oxygens (including phenoxy) is 1. The van der Waals surface area contributed by atoms with Gasteiger partial charge in [-0.05, 0) is 12.8 Å². The lowest BCUT2D eigenvalue weighted by atomic mass is 10.1. The first-order valence-corrected chi connectivity index (χ1v) is 4.51. The molecule has 4 nitrogen and oxygen atoms in total. The number of carbonyl (C=O) groups is 1. The van der Waals surface area contributed by atoms with E-state index in [1.165, 1.54) is 0 Å². The van der Waals surface area contributed by atoms with Crippen LogP contribution in [-0.2, 0) is 4.74 Å². The van der Waals surface area contributed by atoms with Crippen LogP contribution < -0.4 is 5.73 Å². The van der Waals surface area contributed by atoms with Gasteiger partial charge in [0.2, 0.25) is 0 Å². The molecule has 1 rings (SSSR count). The SMILES string of the molecule is C=CCO[C@H]1CCCN(C(N)=O)C1. The van der Waals surface area contributed by atoms with Crippen molar-refractivity contribution in [1.82, 2.24) is 4.90 Å². The van der Waals surface area contributed by atoms with Gasteiger partial charge in [0.05, 0.1) is 12.7 Å². The number of hydrogen-bond donors (Lipinski definition) is 1. The van der Waals surface area contributed by atoms with Gasteiger partial charge < -0.3 is 15.4 Å². The van der Waals surface area contributed by atoms with Gasteiger partial charge >= 0.3 is 6.03 Å². The lowest BCUT2D eigenvalue weighted by molar-refractivity contribution is 0.0256. The zero-order chi connectivity index (χ0) is 9.68. The van der Waals surface area contributed by atoms with E-state index in [9.17, 15) is 4.79 Å². The molecule has 74 valence electrons. The number of hydrogen-bond acceptors (Lipinski definition) is 2. The summed E-state index contributed by atoms with van der Waals surface area (Å²) in [5.41, 5.74) is 5.17. The second-order valence-electron chi connectivity index (χ2n) is 3.17. The third-order valence-electron chi connectivity index (χ3n) is 2.14. The number of likely N-dealkylation sites (tertiary alicyclic amines) is 1. The minimum Gasteiger partial charge on any atom is -0.372 e. The third-order valence-corrected chi connectivity index (χ3v) is 2.14. The maximum atomic E-state index is 10.8. The minimum atomic E-state index is -0.355. The van der Waals surface area contributed by atoms with Crippen molar-refractivity contribution < 1.29 is 9.53 Å². The van der Waals surface area contributed by atoms with Crippen LogP contribution in [0.15, 0.2) is 12.7 Å². The Balaban J connectivity index is 2.32. The molecule has 1 aliphatic heterocycles. The van der Waals surface area contributed by atoms with Crippen LogP contribution >= 0.6 is 0 Å². The molecule has 1 saturated heterocycles. The molecule has 1 atom stereocenters. The number of nitrogens with two attached hydrogens (primary N) is 1. The lowest BCUT2D eigenvalue weighted by Crippen LogP contribution is -2.45. The number of urea groups is 1. The largest absolute Gasteiger partial charge is 0.372 e. The molecule has 0 saturated carbocycles. The van der Waals surface area contributed by atoms with Crippen LogP contribution in [-0.4, -0.2) is 36.7 Å². The van der Waals surface area contributed by atoms with E-state index in [1.54, 1.807) is 11.0 Å². The first-order valence-electron chi connectivity index (χ1n) is 4.51. The number of carbonyl (C=O) groups excluding carboxylic acids is 1. The molecule has 4 heteroatoms. The standard InChI is InChI=1S/C9H16N2O2/c1-2-6-13-8-4-3-5-11(7-8)9(10)12/h2,8H,1,3-7H2,(H2,10,12)/t8-/m0/s1. The zero-order valence-corrected chi connectivity index (χ0v) is 7.74. The van der Waals surface area contributed by atoms with Crippen LogP contribution in [0.25, 0.3) is 0 Å². The summed E-state index contributed by atoms with van der Waals surface area (Å²) in [5, 5.41) is 0. The average molecular weight is 184 g/mol. The summed E-state index contributed by atoms with van der Waals surface area (Å²) in [7, 11) is 0. The second-order valence-corrected chi connectivity index (χ2v) is 3.17. The smallest absolute Gasteiger partial charge is 0.314 e. The van der Waals surface area contributed by atoms with Crippen molar-refractivity contribution in [3.8, 4) is 0 Å². The molecule has 0 aromatic rings. The highest BCUT2D eigenvalue weighted by Crippen LogP contribution is 2.12. The topological polar surface area (TPSA) is 55.6 Å². The molecule has 2 amide bonds. The van der Waals surface area contributed by atoms with E-state index in [4.69, 9.17) is 10.5 Å². The highest BCUT2D eigenvalue weighted by Gasteiger charge is 2.21. The summed E-state index contributed by atoms with van der Waals surface area (Å²) in [6.45, 7) is 5.48. The number of nitrogens with zero attached hydrogens (tertiary/aromatic N) is 1. The number of piperidine rings is 1. The van der Waals surface area contributed by atoms with Crippen LogP contribution in [0.1, 0.15) is 12.8 Å². The van der Waals surface area contributed by atoms with Crippen molar-refractivity contribution >= 4 is 6.03 Å². The molecular weight excluding hydrogens is 168 g/mol. The third kappa shape index (κ3) is 3.06. The molecule has 0 radical (unpaired) electrons. The summed E-state index contributed by atoms with van der Waals surface area (Å²) in [5.74, 6) is 0. The summed E-state index contributed by atoms with van der Waals surface area (Å²) >= 11 is 0. The Morgan fingerprint density at radius 1 is 1.77 bits per heavy atom. The number of rotatable bonds is 3. The molecule has 1 fully saturated rings. The maximum absolute atomic E-state index is 10.8. The molecule has 1 aliphatic rings. The zero-order valence-electron chi connectivity index (χ0n) is 7.74. The maximum Gasteiger partial charge on any atom is 0.314 e. The van der Waals surface area contributed by atoms with Crippen molar-refractivity contribution in [2.45, 2.75) is 18.9 Å². The monoisotopic (exact) mass is 184 g/mol. The summed E-state index contributed by atoms with van der Waals surface area (Å²) in [4.78, 5) is 12.5. The first kappa shape index (κ1) is 10.1. The minimum absolute atomic E-state index is 0.124. The number of primary amides is 1. The Morgan fingerprint density at radius 3 is 3.15 bits per heavy atom. The molecular formula is C9H16N2O2. The molecule has 0 spiro atoms. The molecule has 1 heterocycles. The van der Waals surface area contributed by atoms with Gasteiger partial charge in [0.15, 0.2) is 0 Å². The Morgan fingerprint density at radius 2 is 2.54 bits per heavy atom. The predicted molar refractivity (Wildman–Crippen MR) is 50.3 cm³/mol. The van der Waals surface area contributed by atoms with Crippen LogP contribution in [0.4, 0.5) is 4.79 Å². The molecule has 0 bridgehead atoms. The second kappa shape index (κ2) is 4.87. The fourth-order valence-corrected chi connectivity index (χ4v) is 1.48. The molecule has 0 aliphatic carbocycles. The summed E-state index contributed by atoms with van der Waals surface area (Å²) < 4.78 is 5.44. The van der Waals surface area contributed by atoms with Gasteiger partial charge in [-0.3, -0.25) is 0 Å². The van der Waals surface area contributed by atoms with Gasteiger partial charge in [-0.2, -0.15) is 0 Å². The van der Waals surface area contributed by atoms with Crippen molar-refractivity contribution in [3.05, 3.63) is 12.7 Å². The molecule has 2 N–H and O–H groups in total. The highest BCUT2D eigenvalue weighted by molar-refractivity contribution is 5.72. The Hall–Kier alpha value is -1.03. The average Bonchev–Trinajstić information content (AvgIpc) is 2.15. The van der Waals surface area contributed by atoms with Gasteiger partial charge in [-0.15, -0.1) is 6.58 Å². The van der Waals surface area contributed by atoms with Crippen LogP contribution in [0.2, 0.25) is 0 Å². The van der Waals surface area contributed by atoms with Crippen LogP contribution in [0.5, 0.6) is 0 Å². The van der Waals surface area contributed by atoms with Crippen molar-refractivity contribution in [2.75, 3.05) is 19.7 Å². The molecule has 13 heavy (non-hydrogen) atoms. The van der Waals surface area contributed by atoms with Gasteiger partial charge in [0.1, 0.15) is 0 Å². The fourth-order valence-electron chi connectivity index (χ4n) is 1.48. The van der Waals surface area contributed by atoms with Gasteiger partial charge in [0, 0.05) is 13.1 Å². The Bertz CT molecular complexity index is 194. The fraction of sp³-hybridized carbons (Fsp3) is 0.667. The lowest BCUT2D eigenvalue weighted by Gasteiger charge is -2.31. The predicted octanol–water partition coefficient (Wildman–Crippen LogP) is 0.732. The Labute approximate surface area is 78.3 Å². The van der Waals surface area contributed by atoms with Crippen molar-refractivity contribution in [1.29, 1.82) is 0 Å². The number of amides is 2. The molecule has 0 aromatic carbocycles. The normalized spacial score (nSPS) is 22.8. The summed E-state index contributed by atoms with van der Waals surface area (Å²) in [6.07, 6.45) is 3.80. The van der Waals surface area contributed by atoms with E-state index in [1.807, 2.05) is 0 Å². The van der Waals surface area contributed by atoms with Gasteiger partial charge in [-0.25, -0.2) is 4.79 Å². The van der Waals surface area contributed by atoms with Gasteiger partial charge in [-0.1, -0.05) is 6.08 Å². The van der Waals surface area contributed by atoms with E-state index in [-0.39, 0.29) is 12.1 Å². The molecule has 0 aromatic heterocycles. The van der Waals surface area contributed by atoms with Crippen LogP contribution in [0.3, 0.4) is 0 Å². The highest BCUT2D eigenvalue weighted by atomic mass is 16.5. The van der Waals surface area contributed by atoms with E-state index >= 15 is 0 Å². The summed E-state index contributed by atoms with van der Waals surface area (Å²) in [6, 6.07) is -0.355. The first-order chi connectivity index (χ1) is 6.24. The van der Waals surface area contributed by atoms with E-state index in [0.717, 1.165) is 19.4 Å². The molecule has 0 unspecified atom stereocenters. The van der Waals surface area contributed by atoms with Crippen molar-refractivity contribution in [3.63, 3.8) is 0 Å². The van der Waals surface area contributed by atoms with Gasteiger partial charge in [0.25, 0.3) is 0 Å². The van der Waals surface area contributed by atoms with Crippen molar-refractivity contribution in [2.24, 2.45) is 5.73 Å². The Kier molecular flexibility index (Phi) is 3.76.